The molecule has 0 saturated heterocycles. The van der Waals surface area contributed by atoms with Crippen molar-refractivity contribution < 1.29 is 0 Å². The third kappa shape index (κ3) is 1.53. The first kappa shape index (κ1) is 7.64. The molecule has 1 heteroatoms. The van der Waals surface area contributed by atoms with Crippen LogP contribution in [0.25, 0.3) is 0 Å². The van der Waals surface area contributed by atoms with Gasteiger partial charge in [-0.25, -0.2) is 0 Å². The highest BCUT2D eigenvalue weighted by Crippen LogP contribution is 2.16. The largest absolute Gasteiger partial charge is 0.373 e. The van der Waals surface area contributed by atoms with Crippen LogP contribution in [0.5, 0.6) is 0 Å². The van der Waals surface area contributed by atoms with Crippen molar-refractivity contribution in [2.24, 2.45) is 0 Å². The van der Waals surface area contributed by atoms with Crippen molar-refractivity contribution in [2.45, 2.75) is 39.7 Å². The van der Waals surface area contributed by atoms with E-state index in [0.717, 1.165) is 0 Å². The molecule has 0 aromatic carbocycles. The van der Waals surface area contributed by atoms with Crippen molar-refractivity contribution in [3.63, 3.8) is 0 Å². The van der Waals surface area contributed by atoms with E-state index in [1.165, 1.54) is 25.1 Å². The van der Waals surface area contributed by atoms with Gasteiger partial charge < -0.3 is 4.90 Å². The van der Waals surface area contributed by atoms with E-state index < -0.39 is 0 Å². The van der Waals surface area contributed by atoms with Crippen LogP contribution in [0.2, 0.25) is 0 Å². The SMILES string of the molecule is CC1=CCCCN1C(C)C. The zero-order valence-electron chi connectivity index (χ0n) is 7.22. The quantitative estimate of drug-likeness (QED) is 0.539. The average molecular weight is 139 g/mol. The normalized spacial score (nSPS) is 19.6. The summed E-state index contributed by atoms with van der Waals surface area (Å²) in [5.41, 5.74) is 1.46. The van der Waals surface area contributed by atoms with Crippen molar-refractivity contribution in [2.75, 3.05) is 6.54 Å². The van der Waals surface area contributed by atoms with Gasteiger partial charge in [0, 0.05) is 18.3 Å². The van der Waals surface area contributed by atoms with Crippen LogP contribution in [0, 0.1) is 0 Å². The second-order valence-corrected chi connectivity index (χ2v) is 3.27. The van der Waals surface area contributed by atoms with E-state index in [4.69, 9.17) is 0 Å². The first-order valence-electron chi connectivity index (χ1n) is 4.15. The number of hydrogen-bond donors (Lipinski definition) is 0. The summed E-state index contributed by atoms with van der Waals surface area (Å²) in [6.45, 7) is 7.96. The molecule has 0 saturated carbocycles. The fraction of sp³-hybridized carbons (Fsp3) is 0.778. The predicted octanol–water partition coefficient (Wildman–Crippen LogP) is 2.39. The number of hydrogen-bond acceptors (Lipinski definition) is 1. The third-order valence-corrected chi connectivity index (χ3v) is 2.12. The monoisotopic (exact) mass is 139 g/mol. The maximum atomic E-state index is 2.46. The van der Waals surface area contributed by atoms with Crippen molar-refractivity contribution in [3.8, 4) is 0 Å². The second kappa shape index (κ2) is 3.09. The minimum atomic E-state index is 0.677. The zero-order valence-corrected chi connectivity index (χ0v) is 7.22. The Morgan fingerprint density at radius 3 is 2.60 bits per heavy atom. The van der Waals surface area contributed by atoms with E-state index in [1.54, 1.807) is 0 Å². The molecule has 0 spiro atoms. The Hall–Kier alpha value is -0.460. The molecule has 0 N–H and O–H groups in total. The van der Waals surface area contributed by atoms with Gasteiger partial charge in [-0.1, -0.05) is 6.08 Å². The van der Waals surface area contributed by atoms with Crippen LogP contribution in [0.15, 0.2) is 11.8 Å². The molecule has 1 nitrogen and oxygen atoms in total. The standard InChI is InChI=1S/C9H17N/c1-8(2)10-7-5-4-6-9(10)3/h6,8H,4-5,7H2,1-3H3. The van der Waals surface area contributed by atoms with E-state index in [9.17, 15) is 0 Å². The molecule has 0 amide bonds. The van der Waals surface area contributed by atoms with Gasteiger partial charge in [0.25, 0.3) is 0 Å². The first-order valence-corrected chi connectivity index (χ1v) is 4.15. The van der Waals surface area contributed by atoms with Crippen LogP contribution in [0.3, 0.4) is 0 Å². The minimum Gasteiger partial charge on any atom is -0.373 e. The van der Waals surface area contributed by atoms with Gasteiger partial charge in [0.2, 0.25) is 0 Å². The highest BCUT2D eigenvalue weighted by molar-refractivity contribution is 5.02. The summed E-state index contributed by atoms with van der Waals surface area (Å²) in [6, 6.07) is 0.677. The molecular weight excluding hydrogens is 122 g/mol. The van der Waals surface area contributed by atoms with E-state index in [1.807, 2.05) is 0 Å². The Balaban J connectivity index is 2.58. The summed E-state index contributed by atoms with van der Waals surface area (Å²) >= 11 is 0. The van der Waals surface area contributed by atoms with E-state index in [-0.39, 0.29) is 0 Å². The summed E-state index contributed by atoms with van der Waals surface area (Å²) in [7, 11) is 0. The van der Waals surface area contributed by atoms with Crippen molar-refractivity contribution >= 4 is 0 Å². The molecule has 0 atom stereocenters. The fourth-order valence-corrected chi connectivity index (χ4v) is 1.53. The maximum Gasteiger partial charge on any atom is 0.0230 e. The van der Waals surface area contributed by atoms with E-state index >= 15 is 0 Å². The minimum absolute atomic E-state index is 0.677. The van der Waals surface area contributed by atoms with Gasteiger partial charge in [0.05, 0.1) is 0 Å². The fourth-order valence-electron chi connectivity index (χ4n) is 1.53. The molecule has 0 unspecified atom stereocenters. The molecule has 58 valence electrons. The smallest absolute Gasteiger partial charge is 0.0230 e. The van der Waals surface area contributed by atoms with Gasteiger partial charge in [-0.15, -0.1) is 0 Å². The van der Waals surface area contributed by atoms with Crippen LogP contribution in [0.1, 0.15) is 33.6 Å². The van der Waals surface area contributed by atoms with Crippen molar-refractivity contribution in [1.82, 2.24) is 4.90 Å². The summed E-state index contributed by atoms with van der Waals surface area (Å²) < 4.78 is 0. The lowest BCUT2D eigenvalue weighted by Gasteiger charge is -2.32. The highest BCUT2D eigenvalue weighted by Gasteiger charge is 2.11. The predicted molar refractivity (Wildman–Crippen MR) is 44.8 cm³/mol. The summed E-state index contributed by atoms with van der Waals surface area (Å²) in [6.07, 6.45) is 4.94. The molecule has 1 heterocycles. The van der Waals surface area contributed by atoms with Crippen LogP contribution in [-0.4, -0.2) is 17.5 Å². The van der Waals surface area contributed by atoms with E-state index in [2.05, 4.69) is 31.7 Å². The summed E-state index contributed by atoms with van der Waals surface area (Å²) in [5.74, 6) is 0. The Labute approximate surface area is 63.7 Å². The van der Waals surface area contributed by atoms with Crippen LogP contribution >= 0.6 is 0 Å². The van der Waals surface area contributed by atoms with Gasteiger partial charge in [-0.05, 0) is 33.6 Å². The van der Waals surface area contributed by atoms with E-state index in [0.29, 0.717) is 6.04 Å². The number of nitrogens with zero attached hydrogens (tertiary/aromatic N) is 1. The Bertz CT molecular complexity index is 136. The lowest BCUT2D eigenvalue weighted by molar-refractivity contribution is 0.268. The molecule has 0 bridgehead atoms. The molecule has 10 heavy (non-hydrogen) atoms. The van der Waals surface area contributed by atoms with Gasteiger partial charge in [-0.2, -0.15) is 0 Å². The van der Waals surface area contributed by atoms with Gasteiger partial charge >= 0.3 is 0 Å². The van der Waals surface area contributed by atoms with Crippen LogP contribution < -0.4 is 0 Å². The number of rotatable bonds is 1. The molecule has 0 aromatic heterocycles. The Morgan fingerprint density at radius 2 is 2.20 bits per heavy atom. The summed E-state index contributed by atoms with van der Waals surface area (Å²) in [4.78, 5) is 2.46. The molecular formula is C9H17N. The molecule has 0 aromatic rings. The molecule has 1 aliphatic rings. The zero-order chi connectivity index (χ0) is 7.56. The highest BCUT2D eigenvalue weighted by atomic mass is 15.2. The second-order valence-electron chi connectivity index (χ2n) is 3.27. The molecule has 0 radical (unpaired) electrons. The third-order valence-electron chi connectivity index (χ3n) is 2.12. The lowest BCUT2D eigenvalue weighted by Crippen LogP contribution is -2.31. The molecule has 0 fully saturated rings. The van der Waals surface area contributed by atoms with Gasteiger partial charge in [-0.3, -0.25) is 0 Å². The maximum absolute atomic E-state index is 2.46. The van der Waals surface area contributed by atoms with Crippen molar-refractivity contribution in [1.29, 1.82) is 0 Å². The van der Waals surface area contributed by atoms with Gasteiger partial charge in [0.1, 0.15) is 0 Å². The van der Waals surface area contributed by atoms with Crippen LogP contribution in [-0.2, 0) is 0 Å². The number of allylic oxidation sites excluding steroid dienone is 2. The van der Waals surface area contributed by atoms with Crippen molar-refractivity contribution in [3.05, 3.63) is 11.8 Å². The average Bonchev–Trinajstić information content (AvgIpc) is 1.88. The van der Waals surface area contributed by atoms with Gasteiger partial charge in [0.15, 0.2) is 0 Å². The molecule has 1 aliphatic heterocycles. The Kier molecular flexibility index (Phi) is 2.36. The lowest BCUT2D eigenvalue weighted by atomic mass is 10.1. The topological polar surface area (TPSA) is 3.24 Å². The van der Waals surface area contributed by atoms with Crippen LogP contribution in [0.4, 0.5) is 0 Å². The molecule has 1 rings (SSSR count). The molecule has 0 aliphatic carbocycles. The first-order chi connectivity index (χ1) is 4.72. The Morgan fingerprint density at radius 1 is 1.50 bits per heavy atom. The summed E-state index contributed by atoms with van der Waals surface area (Å²) in [5, 5.41) is 0.